The largest absolute Gasteiger partial charge is 0.356 e. The highest BCUT2D eigenvalue weighted by atomic mass is 16.2. The van der Waals surface area contributed by atoms with Gasteiger partial charge in [0.2, 0.25) is 11.8 Å². The molecule has 1 aromatic rings. The normalized spacial score (nSPS) is 16.3. The van der Waals surface area contributed by atoms with E-state index in [2.05, 4.69) is 39.8 Å². The second-order valence-electron chi connectivity index (χ2n) is 8.21. The molecule has 0 atom stereocenters. The van der Waals surface area contributed by atoms with E-state index < -0.39 is 0 Å². The molecule has 0 unspecified atom stereocenters. The lowest BCUT2D eigenvalue weighted by atomic mass is 9.96. The van der Waals surface area contributed by atoms with E-state index in [0.717, 1.165) is 32.5 Å². The third-order valence-corrected chi connectivity index (χ3v) is 4.75. The maximum atomic E-state index is 12.1. The van der Waals surface area contributed by atoms with Gasteiger partial charge in [-0.2, -0.15) is 0 Å². The van der Waals surface area contributed by atoms with Crippen LogP contribution in [0.15, 0.2) is 30.3 Å². The smallest absolute Gasteiger partial charge is 0.225 e. The average molecular weight is 360 g/mol. The molecule has 1 saturated heterocycles. The molecule has 2 amide bonds. The van der Waals surface area contributed by atoms with E-state index in [1.54, 1.807) is 0 Å². The summed E-state index contributed by atoms with van der Waals surface area (Å²) in [6.45, 7) is 9.23. The van der Waals surface area contributed by atoms with Crippen molar-refractivity contribution in [2.75, 3.05) is 19.6 Å². The molecule has 1 aliphatic rings. The van der Waals surface area contributed by atoms with Crippen LogP contribution in [0.3, 0.4) is 0 Å². The first-order valence-electron chi connectivity index (χ1n) is 9.68. The minimum absolute atomic E-state index is 0.0312. The van der Waals surface area contributed by atoms with Crippen LogP contribution in [0.25, 0.3) is 0 Å². The van der Waals surface area contributed by atoms with Crippen molar-refractivity contribution in [1.82, 2.24) is 15.5 Å². The van der Waals surface area contributed by atoms with E-state index in [0.29, 0.717) is 19.4 Å². The van der Waals surface area contributed by atoms with E-state index in [1.807, 2.05) is 26.8 Å². The van der Waals surface area contributed by atoms with E-state index in [1.165, 1.54) is 5.56 Å². The van der Waals surface area contributed by atoms with E-state index in [9.17, 15) is 9.59 Å². The van der Waals surface area contributed by atoms with Crippen molar-refractivity contribution in [2.45, 2.75) is 59.0 Å². The van der Waals surface area contributed by atoms with Crippen LogP contribution in [0.5, 0.6) is 0 Å². The molecule has 0 bridgehead atoms. The Labute approximate surface area is 157 Å². The summed E-state index contributed by atoms with van der Waals surface area (Å²) in [6.07, 6.45) is 3.15. The summed E-state index contributed by atoms with van der Waals surface area (Å²) in [5.74, 6) is 0.125. The summed E-state index contributed by atoms with van der Waals surface area (Å²) in [6, 6.07) is 10.8. The van der Waals surface area contributed by atoms with Crippen molar-refractivity contribution in [1.29, 1.82) is 0 Å². The van der Waals surface area contributed by atoms with Crippen molar-refractivity contribution in [2.24, 2.45) is 5.41 Å². The molecule has 0 radical (unpaired) electrons. The predicted molar refractivity (Wildman–Crippen MR) is 105 cm³/mol. The zero-order chi connectivity index (χ0) is 19.0. The summed E-state index contributed by atoms with van der Waals surface area (Å²) in [5, 5.41) is 6.03. The highest BCUT2D eigenvalue weighted by Crippen LogP contribution is 2.14. The number of carbonyl (C=O) groups is 2. The lowest BCUT2D eigenvalue weighted by molar-refractivity contribution is -0.128. The second-order valence-corrected chi connectivity index (χ2v) is 8.21. The SMILES string of the molecule is CC(C)(C)C(=O)NCCCC(=O)NC1CCN(Cc2ccccc2)CC1. The fourth-order valence-corrected chi connectivity index (χ4v) is 3.09. The number of likely N-dealkylation sites (tertiary alicyclic amines) is 1. The molecule has 1 fully saturated rings. The molecule has 5 heteroatoms. The molecule has 1 aromatic carbocycles. The number of nitrogens with one attached hydrogen (secondary N) is 2. The lowest BCUT2D eigenvalue weighted by Gasteiger charge is -2.32. The van der Waals surface area contributed by atoms with Crippen molar-refractivity contribution in [3.05, 3.63) is 35.9 Å². The highest BCUT2D eigenvalue weighted by Gasteiger charge is 2.22. The van der Waals surface area contributed by atoms with Gasteiger partial charge in [0, 0.05) is 44.1 Å². The van der Waals surface area contributed by atoms with Crippen LogP contribution >= 0.6 is 0 Å². The highest BCUT2D eigenvalue weighted by molar-refractivity contribution is 5.81. The topological polar surface area (TPSA) is 61.4 Å². The van der Waals surface area contributed by atoms with Crippen molar-refractivity contribution in [3.63, 3.8) is 0 Å². The molecule has 1 aliphatic heterocycles. The molecule has 0 aliphatic carbocycles. The monoisotopic (exact) mass is 359 g/mol. The Bertz CT molecular complexity index is 573. The maximum absolute atomic E-state index is 12.1. The summed E-state index contributed by atoms with van der Waals surface area (Å²) in [7, 11) is 0. The van der Waals surface area contributed by atoms with E-state index in [-0.39, 0.29) is 23.3 Å². The first kappa shape index (κ1) is 20.4. The number of nitrogens with zero attached hydrogens (tertiary/aromatic N) is 1. The molecular weight excluding hydrogens is 326 g/mol. The number of hydrogen-bond donors (Lipinski definition) is 2. The predicted octanol–water partition coefficient (Wildman–Crippen LogP) is 2.71. The molecule has 5 nitrogen and oxygen atoms in total. The van der Waals surface area contributed by atoms with Gasteiger partial charge in [-0.1, -0.05) is 51.1 Å². The average Bonchev–Trinajstić information content (AvgIpc) is 2.60. The number of hydrogen-bond acceptors (Lipinski definition) is 3. The third kappa shape index (κ3) is 7.16. The summed E-state index contributed by atoms with van der Waals surface area (Å²) >= 11 is 0. The van der Waals surface area contributed by atoms with Gasteiger partial charge in [-0.15, -0.1) is 0 Å². The Kier molecular flexibility index (Phi) is 7.64. The number of benzene rings is 1. The fraction of sp³-hybridized carbons (Fsp3) is 0.619. The van der Waals surface area contributed by atoms with Gasteiger partial charge in [-0.3, -0.25) is 14.5 Å². The van der Waals surface area contributed by atoms with Gasteiger partial charge in [-0.25, -0.2) is 0 Å². The standard InChI is InChI=1S/C21H33N3O2/c1-21(2,3)20(26)22-13-7-10-19(25)23-18-11-14-24(15-12-18)16-17-8-5-4-6-9-17/h4-6,8-9,18H,7,10-16H2,1-3H3,(H,22,26)(H,23,25). The second kappa shape index (κ2) is 9.72. The van der Waals surface area contributed by atoms with Crippen LogP contribution < -0.4 is 10.6 Å². The quantitative estimate of drug-likeness (QED) is 0.736. The zero-order valence-corrected chi connectivity index (χ0v) is 16.4. The Morgan fingerprint density at radius 3 is 2.38 bits per heavy atom. The molecule has 144 valence electrons. The fourth-order valence-electron chi connectivity index (χ4n) is 3.09. The Hall–Kier alpha value is -1.88. The van der Waals surface area contributed by atoms with Crippen molar-refractivity contribution >= 4 is 11.8 Å². The van der Waals surface area contributed by atoms with Crippen molar-refractivity contribution < 1.29 is 9.59 Å². The molecule has 0 aromatic heterocycles. The van der Waals surface area contributed by atoms with Crippen LogP contribution in [0, 0.1) is 5.41 Å². The van der Waals surface area contributed by atoms with Gasteiger partial charge >= 0.3 is 0 Å². The number of carbonyl (C=O) groups excluding carboxylic acids is 2. The first-order valence-corrected chi connectivity index (χ1v) is 9.68. The minimum Gasteiger partial charge on any atom is -0.356 e. The van der Waals surface area contributed by atoms with Crippen molar-refractivity contribution in [3.8, 4) is 0 Å². The summed E-state index contributed by atoms with van der Waals surface area (Å²) < 4.78 is 0. The van der Waals surface area contributed by atoms with Gasteiger partial charge in [-0.05, 0) is 24.8 Å². The first-order chi connectivity index (χ1) is 12.3. The molecule has 1 heterocycles. The van der Waals surface area contributed by atoms with Gasteiger partial charge < -0.3 is 10.6 Å². The van der Waals surface area contributed by atoms with Gasteiger partial charge in [0.05, 0.1) is 0 Å². The molecule has 0 saturated carbocycles. The summed E-state index contributed by atoms with van der Waals surface area (Å²) in [4.78, 5) is 26.3. The number of amides is 2. The maximum Gasteiger partial charge on any atom is 0.225 e. The van der Waals surface area contributed by atoms with Gasteiger partial charge in [0.25, 0.3) is 0 Å². The molecule has 2 N–H and O–H groups in total. The molecular formula is C21H33N3O2. The Morgan fingerprint density at radius 2 is 1.77 bits per heavy atom. The number of rotatable bonds is 7. The minimum atomic E-state index is -0.379. The van der Waals surface area contributed by atoms with Crippen LogP contribution in [0.1, 0.15) is 52.0 Å². The van der Waals surface area contributed by atoms with Crippen LogP contribution in [-0.4, -0.2) is 42.4 Å². The zero-order valence-electron chi connectivity index (χ0n) is 16.4. The van der Waals surface area contributed by atoms with Gasteiger partial charge in [0.1, 0.15) is 0 Å². The van der Waals surface area contributed by atoms with Gasteiger partial charge in [0.15, 0.2) is 0 Å². The lowest BCUT2D eigenvalue weighted by Crippen LogP contribution is -2.44. The number of piperidine rings is 1. The molecule has 26 heavy (non-hydrogen) atoms. The molecule has 2 rings (SSSR count). The van der Waals surface area contributed by atoms with Crippen LogP contribution in [-0.2, 0) is 16.1 Å². The third-order valence-electron chi connectivity index (χ3n) is 4.75. The van der Waals surface area contributed by atoms with E-state index in [4.69, 9.17) is 0 Å². The Balaban J connectivity index is 1.58. The van der Waals surface area contributed by atoms with Crippen LogP contribution in [0.2, 0.25) is 0 Å². The van der Waals surface area contributed by atoms with E-state index >= 15 is 0 Å². The summed E-state index contributed by atoms with van der Waals surface area (Å²) in [5.41, 5.74) is 0.961. The Morgan fingerprint density at radius 1 is 1.12 bits per heavy atom. The van der Waals surface area contributed by atoms with Crippen LogP contribution in [0.4, 0.5) is 0 Å². The molecule has 0 spiro atoms.